The fraction of sp³-hybridized carbons (Fsp3) is 0.611. The van der Waals surface area contributed by atoms with Gasteiger partial charge >= 0.3 is 6.03 Å². The lowest BCUT2D eigenvalue weighted by Crippen LogP contribution is -2.46. The summed E-state index contributed by atoms with van der Waals surface area (Å²) in [6.07, 6.45) is -0.321. The number of fused-ring (bicyclic) bond motifs is 1. The minimum atomic E-state index is -3.48. The molecule has 2 atom stereocenters. The van der Waals surface area contributed by atoms with Gasteiger partial charge in [-0.1, -0.05) is 12.1 Å². The average molecular weight is 397 g/mol. The first kappa shape index (κ1) is 19.9. The molecule has 8 nitrogen and oxygen atoms in total. The molecule has 9 heteroatoms. The van der Waals surface area contributed by atoms with Crippen LogP contribution < -0.4 is 10.1 Å². The monoisotopic (exact) mass is 397 g/mol. The number of ether oxygens (including phenoxy) is 2. The third-order valence-electron chi connectivity index (χ3n) is 4.83. The van der Waals surface area contributed by atoms with Crippen LogP contribution >= 0.6 is 0 Å². The second-order valence-electron chi connectivity index (χ2n) is 7.20. The molecule has 2 saturated heterocycles. The fourth-order valence-electron chi connectivity index (χ4n) is 3.46. The van der Waals surface area contributed by atoms with E-state index in [1.54, 1.807) is 12.0 Å². The molecule has 0 spiro atoms. The van der Waals surface area contributed by atoms with Crippen molar-refractivity contribution in [2.45, 2.75) is 38.6 Å². The Balaban J connectivity index is 1.81. The van der Waals surface area contributed by atoms with Crippen LogP contribution in [0.15, 0.2) is 24.3 Å². The molecule has 2 amide bonds. The van der Waals surface area contributed by atoms with Gasteiger partial charge in [-0.2, -0.15) is 4.31 Å². The summed E-state index contributed by atoms with van der Waals surface area (Å²) in [5.74, 6) is 0.671. The number of methoxy groups -OCH3 is 1. The number of benzene rings is 1. The van der Waals surface area contributed by atoms with E-state index < -0.39 is 16.1 Å². The van der Waals surface area contributed by atoms with E-state index in [0.717, 1.165) is 11.3 Å². The minimum absolute atomic E-state index is 0.0166. The van der Waals surface area contributed by atoms with Crippen molar-refractivity contribution in [2.75, 3.05) is 32.6 Å². The van der Waals surface area contributed by atoms with Crippen LogP contribution in [0.1, 0.15) is 19.4 Å². The molecule has 2 fully saturated rings. The highest BCUT2D eigenvalue weighted by Crippen LogP contribution is 2.27. The predicted octanol–water partition coefficient (Wildman–Crippen LogP) is 1.03. The van der Waals surface area contributed by atoms with Crippen LogP contribution in [0.4, 0.5) is 4.79 Å². The summed E-state index contributed by atoms with van der Waals surface area (Å²) < 4.78 is 38.1. The number of nitrogens with one attached hydrogen (secondary N) is 1. The normalized spacial score (nSPS) is 25.1. The first-order valence-electron chi connectivity index (χ1n) is 9.09. The SMILES string of the molecule is COc1ccc(CN2[C@@H]3CN(C(=O)NC(C)C)C[C@@H]3OCCS2(=O)=O)cc1. The van der Waals surface area contributed by atoms with E-state index in [-0.39, 0.29) is 37.1 Å². The van der Waals surface area contributed by atoms with Crippen LogP contribution in [-0.2, 0) is 21.3 Å². The summed E-state index contributed by atoms with van der Waals surface area (Å²) >= 11 is 0. The number of urea groups is 1. The summed E-state index contributed by atoms with van der Waals surface area (Å²) in [6.45, 7) is 4.88. The number of hydrogen-bond donors (Lipinski definition) is 1. The zero-order valence-corrected chi connectivity index (χ0v) is 16.7. The number of amides is 2. The molecular formula is C18H27N3O5S. The molecule has 2 heterocycles. The van der Waals surface area contributed by atoms with Gasteiger partial charge in [0.2, 0.25) is 10.0 Å². The van der Waals surface area contributed by atoms with Crippen LogP contribution in [0.5, 0.6) is 5.75 Å². The standard InChI is InChI=1S/C18H27N3O5S/c1-13(2)19-18(22)20-11-16-17(12-20)26-8-9-27(23,24)21(16)10-14-4-6-15(25-3)7-5-14/h4-7,13,16-17H,8-12H2,1-3H3,(H,19,22)/t16-,17+/m1/s1. The molecule has 1 N–H and O–H groups in total. The molecule has 0 aliphatic carbocycles. The molecule has 0 saturated carbocycles. The quantitative estimate of drug-likeness (QED) is 0.820. The number of rotatable bonds is 4. The highest BCUT2D eigenvalue weighted by molar-refractivity contribution is 7.89. The van der Waals surface area contributed by atoms with Crippen LogP contribution in [0.3, 0.4) is 0 Å². The van der Waals surface area contributed by atoms with E-state index in [2.05, 4.69) is 5.32 Å². The molecule has 150 valence electrons. The maximum absolute atomic E-state index is 12.8. The van der Waals surface area contributed by atoms with Gasteiger partial charge in [-0.3, -0.25) is 0 Å². The topological polar surface area (TPSA) is 88.2 Å². The van der Waals surface area contributed by atoms with Crippen molar-refractivity contribution in [2.24, 2.45) is 0 Å². The highest BCUT2D eigenvalue weighted by atomic mass is 32.2. The first-order chi connectivity index (χ1) is 12.8. The van der Waals surface area contributed by atoms with Gasteiger partial charge < -0.3 is 19.7 Å². The zero-order valence-electron chi connectivity index (χ0n) is 15.9. The number of sulfonamides is 1. The van der Waals surface area contributed by atoms with Gasteiger partial charge in [-0.15, -0.1) is 0 Å². The smallest absolute Gasteiger partial charge is 0.317 e. The Morgan fingerprint density at radius 2 is 2.00 bits per heavy atom. The number of carbonyl (C=O) groups excluding carboxylic acids is 1. The van der Waals surface area contributed by atoms with Crippen molar-refractivity contribution in [3.63, 3.8) is 0 Å². The van der Waals surface area contributed by atoms with Crippen LogP contribution in [-0.4, -0.2) is 74.4 Å². The van der Waals surface area contributed by atoms with Crippen molar-refractivity contribution in [1.82, 2.24) is 14.5 Å². The molecule has 2 aliphatic heterocycles. The fourth-order valence-corrected chi connectivity index (χ4v) is 4.96. The summed E-state index contributed by atoms with van der Waals surface area (Å²) in [7, 11) is -1.89. The molecule has 1 aromatic rings. The van der Waals surface area contributed by atoms with E-state index in [9.17, 15) is 13.2 Å². The van der Waals surface area contributed by atoms with Crippen LogP contribution in [0, 0.1) is 0 Å². The van der Waals surface area contributed by atoms with Crippen molar-refractivity contribution in [1.29, 1.82) is 0 Å². The van der Waals surface area contributed by atoms with Gasteiger partial charge in [0.15, 0.2) is 0 Å². The molecule has 2 aliphatic rings. The summed E-state index contributed by atoms with van der Waals surface area (Å²) in [5, 5.41) is 2.86. The predicted molar refractivity (Wildman–Crippen MR) is 101 cm³/mol. The van der Waals surface area contributed by atoms with Crippen molar-refractivity contribution in [3.8, 4) is 5.75 Å². The van der Waals surface area contributed by atoms with Gasteiger partial charge in [-0.25, -0.2) is 13.2 Å². The second kappa shape index (κ2) is 8.04. The van der Waals surface area contributed by atoms with Crippen LogP contribution in [0.2, 0.25) is 0 Å². The molecule has 0 unspecified atom stereocenters. The molecule has 3 rings (SSSR count). The van der Waals surface area contributed by atoms with Gasteiger partial charge in [0.05, 0.1) is 38.2 Å². The summed E-state index contributed by atoms with van der Waals surface area (Å²) in [6, 6.07) is 6.76. The van der Waals surface area contributed by atoms with E-state index in [4.69, 9.17) is 9.47 Å². The number of nitrogens with zero attached hydrogens (tertiary/aromatic N) is 2. The summed E-state index contributed by atoms with van der Waals surface area (Å²) in [4.78, 5) is 14.0. The summed E-state index contributed by atoms with van der Waals surface area (Å²) in [5.41, 5.74) is 0.866. The van der Waals surface area contributed by atoms with Crippen molar-refractivity contribution >= 4 is 16.1 Å². The molecule has 0 bridgehead atoms. The third kappa shape index (κ3) is 4.53. The Morgan fingerprint density at radius 1 is 1.30 bits per heavy atom. The third-order valence-corrected chi connectivity index (χ3v) is 6.63. The van der Waals surface area contributed by atoms with Crippen LogP contribution in [0.25, 0.3) is 0 Å². The maximum atomic E-state index is 12.8. The second-order valence-corrected chi connectivity index (χ2v) is 9.24. The first-order valence-corrected chi connectivity index (χ1v) is 10.7. The Kier molecular flexibility index (Phi) is 5.92. The van der Waals surface area contributed by atoms with E-state index >= 15 is 0 Å². The molecule has 27 heavy (non-hydrogen) atoms. The van der Waals surface area contributed by atoms with Crippen molar-refractivity contribution in [3.05, 3.63) is 29.8 Å². The molecule has 1 aromatic carbocycles. The van der Waals surface area contributed by atoms with Gasteiger partial charge in [0.1, 0.15) is 5.75 Å². The number of carbonyl (C=O) groups is 1. The Morgan fingerprint density at radius 3 is 2.63 bits per heavy atom. The van der Waals surface area contributed by atoms with E-state index in [1.165, 1.54) is 4.31 Å². The largest absolute Gasteiger partial charge is 0.497 e. The lowest BCUT2D eigenvalue weighted by Gasteiger charge is -2.28. The van der Waals surface area contributed by atoms with Gasteiger partial charge in [-0.05, 0) is 31.5 Å². The average Bonchev–Trinajstić information content (AvgIpc) is 2.98. The van der Waals surface area contributed by atoms with E-state index in [1.807, 2.05) is 38.1 Å². The number of likely N-dealkylation sites (tertiary alicyclic amines) is 1. The maximum Gasteiger partial charge on any atom is 0.317 e. The molecule has 0 radical (unpaired) electrons. The molecular weight excluding hydrogens is 370 g/mol. The lowest BCUT2D eigenvalue weighted by atomic mass is 10.1. The highest BCUT2D eigenvalue weighted by Gasteiger charge is 2.45. The van der Waals surface area contributed by atoms with Gasteiger partial charge in [0, 0.05) is 19.1 Å². The zero-order chi connectivity index (χ0) is 19.6. The lowest BCUT2D eigenvalue weighted by molar-refractivity contribution is 0.0470. The Hall–Kier alpha value is -1.84. The van der Waals surface area contributed by atoms with Gasteiger partial charge in [0.25, 0.3) is 0 Å². The molecule has 0 aromatic heterocycles. The van der Waals surface area contributed by atoms with E-state index in [0.29, 0.717) is 13.1 Å². The minimum Gasteiger partial charge on any atom is -0.497 e. The Labute approximate surface area is 160 Å². The Bertz CT molecular complexity index is 766. The number of hydrogen-bond acceptors (Lipinski definition) is 5. The van der Waals surface area contributed by atoms with Crippen molar-refractivity contribution < 1.29 is 22.7 Å².